The third kappa shape index (κ3) is 5.46. The van der Waals surface area contributed by atoms with Gasteiger partial charge in [-0.05, 0) is 47.3 Å². The fourth-order valence-electron chi connectivity index (χ4n) is 3.73. The first kappa shape index (κ1) is 24.5. The molecular weight excluding hydrogens is 432 g/mol. The maximum absolute atomic E-state index is 6.41. The topological polar surface area (TPSA) is 106 Å². The number of rotatable bonds is 7. The van der Waals surface area contributed by atoms with Gasteiger partial charge in [0.05, 0.1) is 14.2 Å². The molecule has 7 nitrogen and oxygen atoms in total. The molecule has 176 valence electrons. The Morgan fingerprint density at radius 3 is 2.15 bits per heavy atom. The largest absolute Gasteiger partial charge is 0.493 e. The molecule has 0 fully saturated rings. The molecule has 0 spiro atoms. The summed E-state index contributed by atoms with van der Waals surface area (Å²) < 4.78 is 17.9. The Morgan fingerprint density at radius 1 is 0.970 bits per heavy atom. The quantitative estimate of drug-likeness (QED) is 0.486. The Kier molecular flexibility index (Phi) is 7.29. The van der Waals surface area contributed by atoms with Crippen LogP contribution in [0.3, 0.4) is 0 Å². The lowest BCUT2D eigenvalue weighted by Crippen LogP contribution is -2.18. The fourth-order valence-corrected chi connectivity index (χ4v) is 4.57. The highest BCUT2D eigenvalue weighted by Crippen LogP contribution is 2.43. The molecule has 1 heterocycles. The Labute approximate surface area is 197 Å². The summed E-state index contributed by atoms with van der Waals surface area (Å²) >= 11 is 0. The van der Waals surface area contributed by atoms with Crippen LogP contribution >= 0.6 is 0 Å². The second-order valence-electron chi connectivity index (χ2n) is 9.26. The summed E-state index contributed by atoms with van der Waals surface area (Å²) in [4.78, 5) is 8.29. The van der Waals surface area contributed by atoms with Crippen molar-refractivity contribution in [3.8, 4) is 22.6 Å². The lowest BCUT2D eigenvalue weighted by Gasteiger charge is -2.25. The lowest BCUT2D eigenvalue weighted by molar-refractivity contribution is 0.251. The molecule has 1 aromatic heterocycles. The van der Waals surface area contributed by atoms with Crippen LogP contribution in [0.2, 0.25) is 13.1 Å². The average molecular weight is 467 g/mol. The molecule has 0 bridgehead atoms. The van der Waals surface area contributed by atoms with Crippen molar-refractivity contribution in [1.29, 1.82) is 0 Å². The maximum atomic E-state index is 6.41. The normalized spacial score (nSPS) is 12.6. The molecule has 3 rings (SSSR count). The number of hydrogen-bond donors (Lipinski definition) is 2. The summed E-state index contributed by atoms with van der Waals surface area (Å²) in [6.45, 7) is 10.8. The van der Waals surface area contributed by atoms with E-state index in [0.29, 0.717) is 22.9 Å². The van der Waals surface area contributed by atoms with Crippen molar-refractivity contribution in [2.45, 2.75) is 45.4 Å². The predicted octanol–water partition coefficient (Wildman–Crippen LogP) is 4.71. The zero-order chi connectivity index (χ0) is 24.3. The van der Waals surface area contributed by atoms with E-state index in [0.717, 1.165) is 16.7 Å². The van der Waals surface area contributed by atoms with Gasteiger partial charge in [0.2, 0.25) is 5.95 Å². The Hall–Kier alpha value is -3.10. The van der Waals surface area contributed by atoms with Crippen LogP contribution in [0.25, 0.3) is 11.1 Å². The summed E-state index contributed by atoms with van der Waals surface area (Å²) in [6.07, 6.45) is 1.18. The highest BCUT2D eigenvalue weighted by molar-refractivity contribution is 6.48. The highest BCUT2D eigenvalue weighted by Gasteiger charge is 2.25. The molecule has 0 amide bonds. The van der Waals surface area contributed by atoms with E-state index in [2.05, 4.69) is 74.2 Å². The van der Waals surface area contributed by atoms with Gasteiger partial charge in [0, 0.05) is 17.3 Å². The van der Waals surface area contributed by atoms with Gasteiger partial charge in [-0.2, -0.15) is 4.98 Å². The summed E-state index contributed by atoms with van der Waals surface area (Å²) in [5.41, 5.74) is 16.7. The van der Waals surface area contributed by atoms with E-state index < -0.39 is 15.1 Å². The molecule has 4 N–H and O–H groups in total. The Morgan fingerprint density at radius 2 is 1.64 bits per heavy atom. The van der Waals surface area contributed by atoms with Crippen LogP contribution in [-0.4, -0.2) is 33.2 Å². The number of anilines is 2. The van der Waals surface area contributed by atoms with Crippen LogP contribution in [0.4, 0.5) is 11.8 Å². The van der Waals surface area contributed by atoms with Crippen LogP contribution in [0.5, 0.6) is 11.5 Å². The molecule has 0 aliphatic heterocycles. The van der Waals surface area contributed by atoms with Gasteiger partial charge in [-0.25, -0.2) is 4.98 Å². The van der Waals surface area contributed by atoms with Crippen molar-refractivity contribution >= 4 is 20.8 Å². The molecule has 2 aromatic carbocycles. The van der Waals surface area contributed by atoms with Crippen molar-refractivity contribution < 1.29 is 13.9 Å². The van der Waals surface area contributed by atoms with E-state index in [4.69, 9.17) is 25.4 Å². The number of ether oxygens (including phenoxy) is 2. The number of benzene rings is 2. The molecule has 0 radical (unpaired) electrons. The Bertz CT molecular complexity index is 1110. The van der Waals surface area contributed by atoms with Crippen molar-refractivity contribution in [3.05, 3.63) is 59.3 Å². The molecule has 1 atom stereocenters. The molecule has 3 aromatic rings. The maximum Gasteiger partial charge on any atom is 0.221 e. The zero-order valence-corrected chi connectivity index (χ0v) is 21.6. The van der Waals surface area contributed by atoms with E-state index in [1.165, 1.54) is 5.56 Å². The SMILES string of the molecule is COc1cc(C(O[SiH](C)C)c2cnc(N)nc2N)cc(-c2ccc(C(C)(C)C)cc2)c1OC. The number of nitrogens with two attached hydrogens (primary N) is 2. The molecule has 0 aliphatic carbocycles. The van der Waals surface area contributed by atoms with Gasteiger partial charge in [0.25, 0.3) is 0 Å². The van der Waals surface area contributed by atoms with E-state index in [1.807, 2.05) is 6.07 Å². The van der Waals surface area contributed by atoms with Gasteiger partial charge in [0.15, 0.2) is 20.5 Å². The van der Waals surface area contributed by atoms with Crippen LogP contribution in [0.15, 0.2) is 42.6 Å². The summed E-state index contributed by atoms with van der Waals surface area (Å²) in [6, 6.07) is 12.5. The van der Waals surface area contributed by atoms with Crippen LogP contribution < -0.4 is 20.9 Å². The predicted molar refractivity (Wildman–Crippen MR) is 136 cm³/mol. The van der Waals surface area contributed by atoms with Crippen molar-refractivity contribution in [2.75, 3.05) is 25.7 Å². The fraction of sp³-hybridized carbons (Fsp3) is 0.360. The second kappa shape index (κ2) is 9.80. The lowest BCUT2D eigenvalue weighted by atomic mass is 9.86. The Balaban J connectivity index is 2.20. The number of methoxy groups -OCH3 is 2. The van der Waals surface area contributed by atoms with Gasteiger partial charge in [-0.15, -0.1) is 0 Å². The number of nitrogens with zero attached hydrogens (tertiary/aromatic N) is 2. The summed E-state index contributed by atoms with van der Waals surface area (Å²) in [5.74, 6) is 1.70. The van der Waals surface area contributed by atoms with Crippen LogP contribution in [-0.2, 0) is 9.84 Å². The minimum Gasteiger partial charge on any atom is -0.493 e. The van der Waals surface area contributed by atoms with E-state index in [-0.39, 0.29) is 11.4 Å². The van der Waals surface area contributed by atoms with Gasteiger partial charge >= 0.3 is 0 Å². The first-order chi connectivity index (χ1) is 15.5. The zero-order valence-electron chi connectivity index (χ0n) is 20.5. The van der Waals surface area contributed by atoms with Gasteiger partial charge in [-0.3, -0.25) is 0 Å². The number of hydrogen-bond acceptors (Lipinski definition) is 7. The molecule has 0 saturated heterocycles. The molecule has 8 heteroatoms. The van der Waals surface area contributed by atoms with E-state index in [1.54, 1.807) is 20.4 Å². The second-order valence-corrected chi connectivity index (χ2v) is 11.6. The summed E-state index contributed by atoms with van der Waals surface area (Å²) in [5, 5.41) is 0. The van der Waals surface area contributed by atoms with Gasteiger partial charge in [-0.1, -0.05) is 45.0 Å². The number of nitrogen functional groups attached to an aromatic ring is 2. The van der Waals surface area contributed by atoms with E-state index in [9.17, 15) is 0 Å². The van der Waals surface area contributed by atoms with Crippen molar-refractivity contribution in [3.63, 3.8) is 0 Å². The van der Waals surface area contributed by atoms with Gasteiger partial charge < -0.3 is 25.4 Å². The number of aromatic nitrogens is 2. The minimum absolute atomic E-state index is 0.0651. The molecule has 33 heavy (non-hydrogen) atoms. The van der Waals surface area contributed by atoms with Gasteiger partial charge in [0.1, 0.15) is 11.9 Å². The van der Waals surface area contributed by atoms with Crippen molar-refractivity contribution in [1.82, 2.24) is 9.97 Å². The van der Waals surface area contributed by atoms with Crippen LogP contribution in [0, 0.1) is 0 Å². The molecule has 1 unspecified atom stereocenters. The summed E-state index contributed by atoms with van der Waals surface area (Å²) in [7, 11) is 1.80. The minimum atomic E-state index is -1.47. The van der Waals surface area contributed by atoms with E-state index >= 15 is 0 Å². The average Bonchev–Trinajstić information content (AvgIpc) is 2.76. The molecular formula is C25H34N4O3Si. The van der Waals surface area contributed by atoms with Crippen LogP contribution in [0.1, 0.15) is 43.6 Å². The first-order valence-electron chi connectivity index (χ1n) is 10.9. The standard InChI is InChI=1S/C25H34N4O3Si/c1-25(2,3)17-10-8-15(9-11-17)18-12-16(13-20(30-4)22(18)31-5)21(32-33(6)7)19-14-28-24(27)29-23(19)26/h8-14,21,33H,1-7H3,(H4,26,27,28,29). The monoisotopic (exact) mass is 466 g/mol. The first-order valence-corrected chi connectivity index (χ1v) is 13.7. The third-order valence-electron chi connectivity index (χ3n) is 5.42. The third-order valence-corrected chi connectivity index (χ3v) is 6.24. The van der Waals surface area contributed by atoms with Crippen molar-refractivity contribution in [2.24, 2.45) is 0 Å². The smallest absolute Gasteiger partial charge is 0.221 e. The highest BCUT2D eigenvalue weighted by atomic mass is 28.3. The molecule has 0 saturated carbocycles. The molecule has 0 aliphatic rings.